The van der Waals surface area contributed by atoms with Gasteiger partial charge in [0, 0.05) is 6.54 Å². The number of hydrogen-bond donors (Lipinski definition) is 1. The molecule has 0 saturated heterocycles. The molecule has 20 heavy (non-hydrogen) atoms. The van der Waals surface area contributed by atoms with E-state index in [1.165, 1.54) is 5.56 Å². The van der Waals surface area contributed by atoms with E-state index in [-0.39, 0.29) is 18.3 Å². The molecule has 114 valence electrons. The second kappa shape index (κ2) is 9.78. The maximum atomic E-state index is 11.8. The predicted octanol–water partition coefficient (Wildman–Crippen LogP) is 3.19. The molecular weight excluding hydrogens is 272 g/mol. The molecule has 1 N–H and O–H groups in total. The first kappa shape index (κ1) is 18.9. The highest BCUT2D eigenvalue weighted by Gasteiger charge is 2.06. The van der Waals surface area contributed by atoms with Crippen molar-refractivity contribution in [2.45, 2.75) is 40.2 Å². The summed E-state index contributed by atoms with van der Waals surface area (Å²) in [6, 6.07) is 8.45. The lowest BCUT2D eigenvalue weighted by Gasteiger charge is -2.17. The van der Waals surface area contributed by atoms with Gasteiger partial charge in [-0.1, -0.05) is 52.0 Å². The van der Waals surface area contributed by atoms with Gasteiger partial charge in [-0.25, -0.2) is 0 Å². The zero-order valence-electron chi connectivity index (χ0n) is 13.0. The highest BCUT2D eigenvalue weighted by Crippen LogP contribution is 2.14. The first-order valence-corrected chi connectivity index (χ1v) is 7.14. The van der Waals surface area contributed by atoms with Gasteiger partial charge in [0.15, 0.2) is 0 Å². The van der Waals surface area contributed by atoms with Gasteiger partial charge in [-0.05, 0) is 30.1 Å². The minimum atomic E-state index is 0. The van der Waals surface area contributed by atoms with Crippen LogP contribution in [-0.2, 0) is 11.3 Å². The lowest BCUT2D eigenvalue weighted by atomic mass is 10.0. The Kier molecular flexibility index (Phi) is 9.26. The molecule has 0 aliphatic rings. The van der Waals surface area contributed by atoms with E-state index in [4.69, 9.17) is 0 Å². The van der Waals surface area contributed by atoms with Crippen molar-refractivity contribution in [2.24, 2.45) is 0 Å². The smallest absolute Gasteiger partial charge is 0.234 e. The van der Waals surface area contributed by atoms with Crippen molar-refractivity contribution >= 4 is 18.3 Å². The summed E-state index contributed by atoms with van der Waals surface area (Å²) in [6.45, 7) is 11.4. The molecule has 0 aliphatic heterocycles. The van der Waals surface area contributed by atoms with E-state index in [0.717, 1.165) is 18.7 Å². The molecule has 0 bridgehead atoms. The molecule has 1 amide bonds. The van der Waals surface area contributed by atoms with Crippen LogP contribution in [0, 0.1) is 0 Å². The van der Waals surface area contributed by atoms with Gasteiger partial charge in [-0.15, -0.1) is 12.4 Å². The first-order valence-electron chi connectivity index (χ1n) is 7.14. The van der Waals surface area contributed by atoms with Gasteiger partial charge in [0.1, 0.15) is 0 Å². The molecule has 1 aromatic rings. The molecule has 1 rings (SSSR count). The number of carbonyl (C=O) groups excluding carboxylic acids is 1. The number of halogens is 1. The second-order valence-electron chi connectivity index (χ2n) is 5.13. The van der Waals surface area contributed by atoms with E-state index in [0.29, 0.717) is 19.0 Å². The molecule has 0 unspecified atom stereocenters. The number of amides is 1. The molecule has 1 aromatic carbocycles. The molecule has 0 atom stereocenters. The molecule has 3 nitrogen and oxygen atoms in total. The number of nitrogens with one attached hydrogen (secondary N) is 1. The molecule has 0 radical (unpaired) electrons. The highest BCUT2D eigenvalue weighted by molar-refractivity contribution is 5.85. The summed E-state index contributed by atoms with van der Waals surface area (Å²) in [5, 5.41) is 2.97. The van der Waals surface area contributed by atoms with Crippen LogP contribution < -0.4 is 5.32 Å². The van der Waals surface area contributed by atoms with E-state index in [9.17, 15) is 4.79 Å². The Bertz CT molecular complexity index is 386. The molecule has 4 heteroatoms. The lowest BCUT2D eigenvalue weighted by Crippen LogP contribution is -2.36. The Morgan fingerprint density at radius 1 is 1.15 bits per heavy atom. The number of benzene rings is 1. The number of likely N-dealkylation sites (N-methyl/N-ethyl adjacent to an activating group) is 1. The van der Waals surface area contributed by atoms with Crippen LogP contribution in [0.4, 0.5) is 0 Å². The van der Waals surface area contributed by atoms with Gasteiger partial charge in [0.05, 0.1) is 6.54 Å². The third-order valence-electron chi connectivity index (χ3n) is 3.40. The van der Waals surface area contributed by atoms with Crippen molar-refractivity contribution in [1.82, 2.24) is 10.2 Å². The van der Waals surface area contributed by atoms with E-state index in [1.807, 2.05) is 0 Å². The van der Waals surface area contributed by atoms with Gasteiger partial charge < -0.3 is 5.32 Å². The topological polar surface area (TPSA) is 32.3 Å². The predicted molar refractivity (Wildman–Crippen MR) is 87.4 cm³/mol. The fraction of sp³-hybridized carbons (Fsp3) is 0.562. The second-order valence-corrected chi connectivity index (χ2v) is 5.13. The normalized spacial score (nSPS) is 10.5. The summed E-state index contributed by atoms with van der Waals surface area (Å²) >= 11 is 0. The first-order chi connectivity index (χ1) is 9.06. The Hall–Kier alpha value is -1.06. The number of hydrogen-bond acceptors (Lipinski definition) is 2. The van der Waals surface area contributed by atoms with E-state index in [1.54, 1.807) is 0 Å². The van der Waals surface area contributed by atoms with Crippen molar-refractivity contribution in [1.29, 1.82) is 0 Å². The van der Waals surface area contributed by atoms with Crippen LogP contribution in [0.15, 0.2) is 24.3 Å². The summed E-state index contributed by atoms with van der Waals surface area (Å²) in [6.07, 6.45) is 0. The van der Waals surface area contributed by atoms with Crippen LogP contribution in [0.1, 0.15) is 44.7 Å². The molecule has 0 aliphatic carbocycles. The van der Waals surface area contributed by atoms with Gasteiger partial charge in [0.2, 0.25) is 5.91 Å². The highest BCUT2D eigenvalue weighted by atomic mass is 35.5. The maximum absolute atomic E-state index is 11.8. The average molecular weight is 299 g/mol. The quantitative estimate of drug-likeness (QED) is 0.838. The summed E-state index contributed by atoms with van der Waals surface area (Å²) in [4.78, 5) is 13.9. The minimum absolute atomic E-state index is 0. The Balaban J connectivity index is 0.00000361. The number of rotatable bonds is 7. The van der Waals surface area contributed by atoms with Crippen LogP contribution in [0.5, 0.6) is 0 Å². The largest absolute Gasteiger partial charge is 0.351 e. The number of carbonyl (C=O) groups is 1. The third-order valence-corrected chi connectivity index (χ3v) is 3.40. The van der Waals surface area contributed by atoms with Crippen molar-refractivity contribution in [3.8, 4) is 0 Å². The zero-order valence-corrected chi connectivity index (χ0v) is 13.8. The summed E-state index contributed by atoms with van der Waals surface area (Å²) in [7, 11) is 0. The molecule has 0 fully saturated rings. The van der Waals surface area contributed by atoms with Crippen molar-refractivity contribution in [2.75, 3.05) is 19.6 Å². The van der Waals surface area contributed by atoms with Gasteiger partial charge in [-0.2, -0.15) is 0 Å². The van der Waals surface area contributed by atoms with Crippen molar-refractivity contribution in [3.63, 3.8) is 0 Å². The maximum Gasteiger partial charge on any atom is 0.234 e. The molecular formula is C16H27ClN2O. The zero-order chi connectivity index (χ0) is 14.3. The van der Waals surface area contributed by atoms with Crippen LogP contribution in [0.2, 0.25) is 0 Å². The molecule has 0 aromatic heterocycles. The summed E-state index contributed by atoms with van der Waals surface area (Å²) in [5.41, 5.74) is 2.48. The van der Waals surface area contributed by atoms with Crippen LogP contribution in [-0.4, -0.2) is 30.4 Å². The Morgan fingerprint density at radius 2 is 1.70 bits per heavy atom. The van der Waals surface area contributed by atoms with Gasteiger partial charge in [0.25, 0.3) is 0 Å². The van der Waals surface area contributed by atoms with E-state index in [2.05, 4.69) is 62.2 Å². The fourth-order valence-corrected chi connectivity index (χ4v) is 1.93. The fourth-order valence-electron chi connectivity index (χ4n) is 1.93. The SMILES string of the molecule is CCN(CC)CC(=O)NCc1ccc(C(C)C)cc1.Cl. The summed E-state index contributed by atoms with van der Waals surface area (Å²) in [5.74, 6) is 0.642. The molecule has 0 saturated carbocycles. The average Bonchev–Trinajstić information content (AvgIpc) is 2.43. The summed E-state index contributed by atoms with van der Waals surface area (Å²) < 4.78 is 0. The van der Waals surface area contributed by atoms with Crippen LogP contribution in [0.25, 0.3) is 0 Å². The Labute approximate surface area is 129 Å². The van der Waals surface area contributed by atoms with E-state index >= 15 is 0 Å². The van der Waals surface area contributed by atoms with Crippen molar-refractivity contribution in [3.05, 3.63) is 35.4 Å². The molecule has 0 spiro atoms. The van der Waals surface area contributed by atoms with Crippen LogP contribution >= 0.6 is 12.4 Å². The number of nitrogens with zero attached hydrogens (tertiary/aromatic N) is 1. The minimum Gasteiger partial charge on any atom is -0.351 e. The Morgan fingerprint density at radius 3 is 2.15 bits per heavy atom. The van der Waals surface area contributed by atoms with Crippen molar-refractivity contribution < 1.29 is 4.79 Å². The van der Waals surface area contributed by atoms with Crippen LogP contribution in [0.3, 0.4) is 0 Å². The monoisotopic (exact) mass is 298 g/mol. The standard InChI is InChI=1S/C16H26N2O.ClH/c1-5-18(6-2)12-16(19)17-11-14-7-9-15(10-8-14)13(3)4;/h7-10,13H,5-6,11-12H2,1-4H3,(H,17,19);1H. The van der Waals surface area contributed by atoms with Gasteiger partial charge >= 0.3 is 0 Å². The lowest BCUT2D eigenvalue weighted by molar-refractivity contribution is -0.122. The third kappa shape index (κ3) is 6.40. The van der Waals surface area contributed by atoms with Gasteiger partial charge in [-0.3, -0.25) is 9.69 Å². The molecule has 0 heterocycles. The van der Waals surface area contributed by atoms with E-state index < -0.39 is 0 Å².